The van der Waals surface area contributed by atoms with Gasteiger partial charge in [0.05, 0.1) is 11.1 Å². The van der Waals surface area contributed by atoms with Crippen LogP contribution in [0.3, 0.4) is 0 Å². The summed E-state index contributed by atoms with van der Waals surface area (Å²) >= 11 is 5.75. The average Bonchev–Trinajstić information content (AvgIpc) is 3.47. The summed E-state index contributed by atoms with van der Waals surface area (Å²) in [6.07, 6.45) is 5.57. The Hall–Kier alpha value is -3.58. The number of nitrogens with one attached hydrogen (secondary N) is 1. The molecule has 0 saturated heterocycles. The van der Waals surface area contributed by atoms with Crippen molar-refractivity contribution in [1.82, 2.24) is 19.7 Å². The number of amides is 1. The zero-order chi connectivity index (χ0) is 21.8. The first kappa shape index (κ1) is 20.7. The van der Waals surface area contributed by atoms with Gasteiger partial charge in [-0.15, -0.1) is 0 Å². The first-order chi connectivity index (χ1) is 15.0. The van der Waals surface area contributed by atoms with Crippen LogP contribution >= 0.6 is 11.6 Å². The molecule has 1 unspecified atom stereocenters. The first-order valence-electron chi connectivity index (χ1n) is 9.65. The topological polar surface area (TPSA) is 61.1 Å². The predicted molar refractivity (Wildman–Crippen MR) is 116 cm³/mol. The molecule has 0 aliphatic rings. The minimum Gasteiger partial charge on any atom is -0.471 e. The number of carbonyl (C=O) groups excluding carboxylic acids is 1. The van der Waals surface area contributed by atoms with Crippen LogP contribution in [-0.2, 0) is 6.73 Å². The Morgan fingerprint density at radius 3 is 2.71 bits per heavy atom. The van der Waals surface area contributed by atoms with E-state index >= 15 is 0 Å². The van der Waals surface area contributed by atoms with Gasteiger partial charge in [0, 0.05) is 30.3 Å². The van der Waals surface area contributed by atoms with Crippen molar-refractivity contribution in [2.75, 3.05) is 0 Å². The third-order valence-electron chi connectivity index (χ3n) is 4.75. The maximum Gasteiger partial charge on any atom is 0.272 e. The average molecular weight is 439 g/mol. The Balaban J connectivity index is 1.37. The Morgan fingerprint density at radius 1 is 1.13 bits per heavy atom. The minimum atomic E-state index is -0.514. The second-order valence-corrected chi connectivity index (χ2v) is 7.38. The van der Waals surface area contributed by atoms with Gasteiger partial charge in [0.2, 0.25) is 0 Å². The smallest absolute Gasteiger partial charge is 0.272 e. The van der Waals surface area contributed by atoms with E-state index in [0.29, 0.717) is 5.75 Å². The minimum absolute atomic E-state index is 0.0205. The van der Waals surface area contributed by atoms with Gasteiger partial charge < -0.3 is 14.6 Å². The third kappa shape index (κ3) is 4.95. The van der Waals surface area contributed by atoms with Gasteiger partial charge in [-0.3, -0.25) is 4.79 Å². The van der Waals surface area contributed by atoms with E-state index in [2.05, 4.69) is 10.4 Å². The molecule has 2 heterocycles. The van der Waals surface area contributed by atoms with Crippen molar-refractivity contribution in [3.63, 3.8) is 0 Å². The predicted octanol–water partition coefficient (Wildman–Crippen LogP) is 4.99. The van der Waals surface area contributed by atoms with Crippen molar-refractivity contribution in [3.8, 4) is 11.4 Å². The molecule has 31 heavy (non-hydrogen) atoms. The van der Waals surface area contributed by atoms with E-state index in [1.54, 1.807) is 12.3 Å². The lowest BCUT2D eigenvalue weighted by molar-refractivity contribution is 0.0932. The molecule has 2 aromatic carbocycles. The second kappa shape index (κ2) is 9.06. The van der Waals surface area contributed by atoms with Crippen LogP contribution in [0.1, 0.15) is 29.0 Å². The Labute approximate surface area is 183 Å². The van der Waals surface area contributed by atoms with Crippen molar-refractivity contribution in [1.29, 1.82) is 0 Å². The molecule has 1 amide bonds. The summed E-state index contributed by atoms with van der Waals surface area (Å²) in [7, 11) is 0. The van der Waals surface area contributed by atoms with Gasteiger partial charge in [-0.25, -0.2) is 9.07 Å². The Kier molecular flexibility index (Phi) is 6.04. The van der Waals surface area contributed by atoms with Crippen molar-refractivity contribution in [2.45, 2.75) is 19.7 Å². The van der Waals surface area contributed by atoms with Crippen molar-refractivity contribution in [2.24, 2.45) is 0 Å². The van der Waals surface area contributed by atoms with E-state index in [1.165, 1.54) is 22.9 Å². The van der Waals surface area contributed by atoms with Gasteiger partial charge in [0.1, 0.15) is 17.3 Å². The van der Waals surface area contributed by atoms with Crippen LogP contribution in [0, 0.1) is 5.82 Å². The summed E-state index contributed by atoms with van der Waals surface area (Å²) in [5, 5.41) is 7.18. The van der Waals surface area contributed by atoms with E-state index in [9.17, 15) is 9.18 Å². The van der Waals surface area contributed by atoms with Crippen LogP contribution in [-0.4, -0.2) is 20.3 Å². The molecule has 6 nitrogen and oxygen atoms in total. The molecule has 2 aromatic heterocycles. The standard InChI is InChI=1S/C23H20ClFN4O2/c1-16(17-5-4-6-18(13-17)28-10-2-3-11-28)26-23(30)22-9-12-29(27-22)15-31-19-7-8-21(25)20(24)14-19/h2-14,16H,15H2,1H3,(H,26,30). The number of aromatic nitrogens is 3. The largest absolute Gasteiger partial charge is 0.471 e. The highest BCUT2D eigenvalue weighted by atomic mass is 35.5. The fraction of sp³-hybridized carbons (Fsp3) is 0.130. The highest BCUT2D eigenvalue weighted by Gasteiger charge is 2.15. The van der Waals surface area contributed by atoms with Crippen LogP contribution in [0.25, 0.3) is 5.69 Å². The normalized spacial score (nSPS) is 11.8. The lowest BCUT2D eigenvalue weighted by atomic mass is 10.1. The molecule has 0 fully saturated rings. The summed E-state index contributed by atoms with van der Waals surface area (Å²) in [6.45, 7) is 1.98. The number of hydrogen-bond acceptors (Lipinski definition) is 3. The zero-order valence-corrected chi connectivity index (χ0v) is 17.5. The van der Waals surface area contributed by atoms with Gasteiger partial charge in [-0.2, -0.15) is 5.10 Å². The molecule has 0 aliphatic heterocycles. The second-order valence-electron chi connectivity index (χ2n) is 6.97. The SMILES string of the molecule is CC(NC(=O)c1ccn(COc2ccc(F)c(Cl)c2)n1)c1cccc(-n2cccc2)c1. The Morgan fingerprint density at radius 2 is 1.94 bits per heavy atom. The number of benzene rings is 2. The van der Waals surface area contributed by atoms with Crippen molar-refractivity contribution in [3.05, 3.63) is 101 Å². The van der Waals surface area contributed by atoms with Crippen LogP contribution < -0.4 is 10.1 Å². The number of rotatable bonds is 7. The van der Waals surface area contributed by atoms with Gasteiger partial charge in [-0.1, -0.05) is 23.7 Å². The Bertz CT molecular complexity index is 1190. The fourth-order valence-corrected chi connectivity index (χ4v) is 3.25. The van der Waals surface area contributed by atoms with Crippen LogP contribution in [0.5, 0.6) is 5.75 Å². The maximum atomic E-state index is 13.2. The van der Waals surface area contributed by atoms with E-state index < -0.39 is 5.82 Å². The molecule has 0 saturated carbocycles. The molecule has 158 valence electrons. The highest BCUT2D eigenvalue weighted by Crippen LogP contribution is 2.21. The number of ether oxygens (including phenoxy) is 1. The first-order valence-corrected chi connectivity index (χ1v) is 10.0. The van der Waals surface area contributed by atoms with E-state index in [0.717, 1.165) is 11.3 Å². The molecule has 0 bridgehead atoms. The van der Waals surface area contributed by atoms with Gasteiger partial charge in [0.25, 0.3) is 5.91 Å². The lowest BCUT2D eigenvalue weighted by Crippen LogP contribution is -2.27. The summed E-state index contributed by atoms with van der Waals surface area (Å²) in [4.78, 5) is 12.6. The number of carbonyl (C=O) groups is 1. The van der Waals surface area contributed by atoms with Crippen LogP contribution in [0.2, 0.25) is 5.02 Å². The molecule has 4 aromatic rings. The van der Waals surface area contributed by atoms with Gasteiger partial charge in [0.15, 0.2) is 6.73 Å². The van der Waals surface area contributed by atoms with E-state index in [4.69, 9.17) is 16.3 Å². The summed E-state index contributed by atoms with van der Waals surface area (Å²) in [6, 6.07) is 17.4. The fourth-order valence-electron chi connectivity index (χ4n) is 3.08. The molecule has 4 rings (SSSR count). The van der Waals surface area contributed by atoms with Crippen LogP contribution in [0.4, 0.5) is 4.39 Å². The number of hydrogen-bond donors (Lipinski definition) is 1. The molecular weight excluding hydrogens is 419 g/mol. The van der Waals surface area contributed by atoms with Crippen molar-refractivity contribution < 1.29 is 13.9 Å². The molecular formula is C23H20ClFN4O2. The van der Waals surface area contributed by atoms with Gasteiger partial charge in [-0.05, 0) is 55.0 Å². The van der Waals surface area contributed by atoms with Crippen molar-refractivity contribution >= 4 is 17.5 Å². The van der Waals surface area contributed by atoms with E-state index in [1.807, 2.05) is 60.3 Å². The molecule has 0 radical (unpaired) electrons. The highest BCUT2D eigenvalue weighted by molar-refractivity contribution is 6.30. The zero-order valence-electron chi connectivity index (χ0n) is 16.7. The molecule has 1 N–H and O–H groups in total. The third-order valence-corrected chi connectivity index (χ3v) is 5.04. The molecule has 0 aliphatic carbocycles. The molecule has 0 spiro atoms. The quantitative estimate of drug-likeness (QED) is 0.442. The summed E-state index contributed by atoms with van der Waals surface area (Å²) in [5.74, 6) is -0.397. The summed E-state index contributed by atoms with van der Waals surface area (Å²) in [5.41, 5.74) is 2.27. The lowest BCUT2D eigenvalue weighted by Gasteiger charge is -2.15. The molecule has 8 heteroatoms. The number of nitrogens with zero attached hydrogens (tertiary/aromatic N) is 3. The number of halogens is 2. The van der Waals surface area contributed by atoms with Gasteiger partial charge >= 0.3 is 0 Å². The van der Waals surface area contributed by atoms with E-state index in [-0.39, 0.29) is 29.4 Å². The monoisotopic (exact) mass is 438 g/mol. The maximum absolute atomic E-state index is 13.2. The summed E-state index contributed by atoms with van der Waals surface area (Å²) < 4.78 is 22.2. The molecule has 1 atom stereocenters. The van der Waals surface area contributed by atoms with Crippen LogP contribution in [0.15, 0.2) is 79.3 Å².